The zero-order valence-corrected chi connectivity index (χ0v) is 13.2. The minimum Gasteiger partial charge on any atom is -0.359 e. The quantitative estimate of drug-likeness (QED) is 0.327. The average Bonchev–Trinajstić information content (AvgIpc) is 3.10. The summed E-state index contributed by atoms with van der Waals surface area (Å²) < 4.78 is 1.54. The van der Waals surface area contributed by atoms with Crippen LogP contribution in [0.25, 0.3) is 10.9 Å². The molecule has 3 aromatic rings. The summed E-state index contributed by atoms with van der Waals surface area (Å²) in [4.78, 5) is 32.1. The first kappa shape index (κ1) is 15.3. The molecule has 0 radical (unpaired) electrons. The van der Waals surface area contributed by atoms with Gasteiger partial charge >= 0.3 is 0 Å². The van der Waals surface area contributed by atoms with Crippen LogP contribution in [-0.4, -0.2) is 26.1 Å². The van der Waals surface area contributed by atoms with Crippen LogP contribution in [0.3, 0.4) is 0 Å². The van der Waals surface area contributed by atoms with Crippen molar-refractivity contribution >= 4 is 28.4 Å². The van der Waals surface area contributed by atoms with E-state index in [-0.39, 0.29) is 17.1 Å². The predicted molar refractivity (Wildman–Crippen MR) is 92.0 cm³/mol. The number of nitrogens with one attached hydrogen (secondary N) is 1. The summed E-state index contributed by atoms with van der Waals surface area (Å²) in [6.45, 7) is 4.04. The Kier molecular flexibility index (Phi) is 4.43. The molecule has 5 nitrogen and oxygen atoms in total. The highest BCUT2D eigenvalue weighted by Gasteiger charge is 2.13. The van der Waals surface area contributed by atoms with Crippen LogP contribution in [0.15, 0.2) is 65.2 Å². The molecule has 6 heteroatoms. The van der Waals surface area contributed by atoms with Gasteiger partial charge in [0.05, 0.1) is 22.3 Å². The van der Waals surface area contributed by atoms with Gasteiger partial charge in [-0.05, 0) is 24.3 Å². The highest BCUT2D eigenvalue weighted by molar-refractivity contribution is 7.99. The summed E-state index contributed by atoms with van der Waals surface area (Å²) in [5.74, 6) is 0.176. The minimum atomic E-state index is -0.120. The zero-order valence-electron chi connectivity index (χ0n) is 12.4. The van der Waals surface area contributed by atoms with E-state index < -0.39 is 0 Å². The molecule has 0 spiro atoms. The number of benzene rings is 1. The number of nitrogens with zero attached hydrogens (tertiary/aromatic N) is 2. The molecule has 2 aromatic heterocycles. The van der Waals surface area contributed by atoms with Crippen LogP contribution in [0.5, 0.6) is 0 Å². The largest absolute Gasteiger partial charge is 0.359 e. The molecule has 0 amide bonds. The van der Waals surface area contributed by atoms with Crippen molar-refractivity contribution in [3.63, 3.8) is 0 Å². The normalized spacial score (nSPS) is 10.8. The number of aromatic nitrogens is 3. The average molecular weight is 325 g/mol. The van der Waals surface area contributed by atoms with E-state index in [2.05, 4.69) is 16.5 Å². The van der Waals surface area contributed by atoms with Gasteiger partial charge in [-0.3, -0.25) is 14.2 Å². The van der Waals surface area contributed by atoms with Crippen molar-refractivity contribution < 1.29 is 4.79 Å². The fourth-order valence-electron chi connectivity index (χ4n) is 2.26. The smallest absolute Gasteiger partial charge is 0.262 e. The molecule has 3 rings (SSSR count). The molecule has 0 unspecified atom stereocenters. The first-order chi connectivity index (χ1) is 11.2. The number of Topliss-reactive ketones (excluding diaryl/α,β-unsaturated/α-hetero) is 1. The number of allylic oxidation sites excluding steroid dienone is 1. The third kappa shape index (κ3) is 3.12. The van der Waals surface area contributed by atoms with E-state index in [0.29, 0.717) is 28.3 Å². The van der Waals surface area contributed by atoms with Gasteiger partial charge in [0, 0.05) is 12.7 Å². The highest BCUT2D eigenvalue weighted by Crippen LogP contribution is 2.19. The Hall–Kier alpha value is -2.60. The fraction of sp³-hybridized carbons (Fsp3) is 0.118. The topological polar surface area (TPSA) is 67.8 Å². The first-order valence-corrected chi connectivity index (χ1v) is 8.09. The van der Waals surface area contributed by atoms with Crippen molar-refractivity contribution in [2.24, 2.45) is 0 Å². The molecular weight excluding hydrogens is 310 g/mol. The summed E-state index contributed by atoms with van der Waals surface area (Å²) in [6.07, 6.45) is 3.36. The van der Waals surface area contributed by atoms with Gasteiger partial charge in [-0.15, -0.1) is 6.58 Å². The van der Waals surface area contributed by atoms with E-state index in [1.165, 1.54) is 11.8 Å². The molecule has 2 heterocycles. The van der Waals surface area contributed by atoms with Crippen molar-refractivity contribution in [1.29, 1.82) is 0 Å². The number of carbonyl (C=O) groups excluding carboxylic acids is 1. The van der Waals surface area contributed by atoms with Crippen LogP contribution in [0.4, 0.5) is 0 Å². The van der Waals surface area contributed by atoms with Gasteiger partial charge in [0.1, 0.15) is 0 Å². The Bertz CT molecular complexity index is 913. The number of rotatable bonds is 6. The lowest BCUT2D eigenvalue weighted by Crippen LogP contribution is -2.23. The van der Waals surface area contributed by atoms with Crippen LogP contribution < -0.4 is 5.56 Å². The number of carbonyl (C=O) groups is 1. The van der Waals surface area contributed by atoms with Crippen molar-refractivity contribution in [2.75, 3.05) is 5.75 Å². The second-order valence-corrected chi connectivity index (χ2v) is 5.85. The number of thioether (sulfide) groups is 1. The third-order valence-electron chi connectivity index (χ3n) is 3.37. The molecule has 0 bridgehead atoms. The molecule has 0 fully saturated rings. The van der Waals surface area contributed by atoms with Gasteiger partial charge in [0.2, 0.25) is 0 Å². The Labute approximate surface area is 137 Å². The third-order valence-corrected chi connectivity index (χ3v) is 4.35. The van der Waals surface area contributed by atoms with Crippen LogP contribution in [0, 0.1) is 0 Å². The van der Waals surface area contributed by atoms with Gasteiger partial charge in [-0.2, -0.15) is 0 Å². The van der Waals surface area contributed by atoms with E-state index in [4.69, 9.17) is 0 Å². The van der Waals surface area contributed by atoms with Crippen molar-refractivity contribution in [2.45, 2.75) is 11.7 Å². The molecule has 0 saturated carbocycles. The predicted octanol–water partition coefficient (Wildman–Crippen LogP) is 2.89. The van der Waals surface area contributed by atoms with Crippen molar-refractivity contribution in [1.82, 2.24) is 14.5 Å². The van der Waals surface area contributed by atoms with Crippen molar-refractivity contribution in [3.05, 3.63) is 71.3 Å². The molecule has 0 atom stereocenters. The van der Waals surface area contributed by atoms with E-state index in [9.17, 15) is 9.59 Å². The maximum absolute atomic E-state index is 12.6. The van der Waals surface area contributed by atoms with E-state index in [1.54, 1.807) is 41.1 Å². The molecule has 0 aliphatic carbocycles. The van der Waals surface area contributed by atoms with Gasteiger partial charge in [0.15, 0.2) is 10.9 Å². The number of aromatic amines is 1. The zero-order chi connectivity index (χ0) is 16.2. The van der Waals surface area contributed by atoms with E-state index >= 15 is 0 Å². The molecular formula is C17H15N3O2S. The molecule has 0 aliphatic heterocycles. The number of ketones is 1. The lowest BCUT2D eigenvalue weighted by molar-refractivity contribution is 0.101. The summed E-state index contributed by atoms with van der Waals surface area (Å²) in [5, 5.41) is 1.09. The summed E-state index contributed by atoms with van der Waals surface area (Å²) in [5.41, 5.74) is 1.06. The number of para-hydroxylation sites is 1. The SMILES string of the molecule is C=CCn1c(SCC(=O)c2ccc[nH]2)nc2ccccc2c1=O. The molecule has 1 N–H and O–H groups in total. The van der Waals surface area contributed by atoms with Gasteiger partial charge < -0.3 is 4.98 Å². The van der Waals surface area contributed by atoms with Crippen LogP contribution in [0.1, 0.15) is 10.5 Å². The lowest BCUT2D eigenvalue weighted by atomic mass is 10.2. The van der Waals surface area contributed by atoms with Crippen LogP contribution in [0.2, 0.25) is 0 Å². The van der Waals surface area contributed by atoms with Gasteiger partial charge in [0.25, 0.3) is 5.56 Å². The molecule has 23 heavy (non-hydrogen) atoms. The maximum Gasteiger partial charge on any atom is 0.262 e. The highest BCUT2D eigenvalue weighted by atomic mass is 32.2. The van der Waals surface area contributed by atoms with Crippen molar-refractivity contribution in [3.8, 4) is 0 Å². The Balaban J connectivity index is 1.95. The first-order valence-electron chi connectivity index (χ1n) is 7.10. The van der Waals surface area contributed by atoms with Crippen LogP contribution >= 0.6 is 11.8 Å². The van der Waals surface area contributed by atoms with Gasteiger partial charge in [-0.1, -0.05) is 30.0 Å². The number of hydrogen-bond acceptors (Lipinski definition) is 4. The fourth-order valence-corrected chi connectivity index (χ4v) is 3.15. The molecule has 0 saturated heterocycles. The number of hydrogen-bond donors (Lipinski definition) is 1. The Morgan fingerprint density at radius 3 is 2.87 bits per heavy atom. The van der Waals surface area contributed by atoms with Gasteiger partial charge in [-0.25, -0.2) is 4.98 Å². The summed E-state index contributed by atoms with van der Waals surface area (Å²) in [7, 11) is 0. The Morgan fingerprint density at radius 2 is 2.13 bits per heavy atom. The molecule has 1 aromatic carbocycles. The van der Waals surface area contributed by atoms with E-state index in [1.807, 2.05) is 12.1 Å². The monoisotopic (exact) mass is 325 g/mol. The van der Waals surface area contributed by atoms with E-state index in [0.717, 1.165) is 0 Å². The number of fused-ring (bicyclic) bond motifs is 1. The lowest BCUT2D eigenvalue weighted by Gasteiger charge is -2.10. The van der Waals surface area contributed by atoms with Crippen LogP contribution in [-0.2, 0) is 6.54 Å². The second kappa shape index (κ2) is 6.66. The number of H-pyrrole nitrogens is 1. The standard InChI is InChI=1S/C17H15N3O2S/c1-2-10-20-16(22)12-6-3-4-7-13(12)19-17(20)23-11-15(21)14-8-5-9-18-14/h2-9,18H,1,10-11H2. The summed E-state index contributed by atoms with van der Waals surface area (Å²) in [6, 6.07) is 10.7. The summed E-state index contributed by atoms with van der Waals surface area (Å²) >= 11 is 1.26. The molecule has 116 valence electrons. The Morgan fingerprint density at radius 1 is 1.30 bits per heavy atom. The minimum absolute atomic E-state index is 0.0347. The molecule has 0 aliphatic rings. The second-order valence-electron chi connectivity index (χ2n) is 4.91. The maximum atomic E-state index is 12.6.